The lowest BCUT2D eigenvalue weighted by atomic mass is 9.78. The highest BCUT2D eigenvalue weighted by Crippen LogP contribution is 2.40. The molecule has 25 heavy (non-hydrogen) atoms. The zero-order valence-electron chi connectivity index (χ0n) is 14.8. The van der Waals surface area contributed by atoms with Crippen molar-refractivity contribution in [3.8, 4) is 0 Å². The Morgan fingerprint density at radius 2 is 1.84 bits per heavy atom. The first-order chi connectivity index (χ1) is 11.8. The van der Waals surface area contributed by atoms with E-state index >= 15 is 0 Å². The Morgan fingerprint density at radius 1 is 1.24 bits per heavy atom. The molecule has 2 N–H and O–H groups in total. The molecule has 0 aromatic heterocycles. The molecule has 1 unspecified atom stereocenters. The Kier molecular flexibility index (Phi) is 6.57. The van der Waals surface area contributed by atoms with Crippen LogP contribution in [0.15, 0.2) is 24.3 Å². The molecule has 2 rings (SSSR count). The first kappa shape index (κ1) is 19.8. The molecule has 1 aliphatic rings. The average molecular weight is 370 g/mol. The third-order valence-electron chi connectivity index (χ3n) is 4.84. The Hall–Kier alpha value is -1.47. The van der Waals surface area contributed by atoms with Crippen molar-refractivity contribution in [3.63, 3.8) is 0 Å². The molecule has 140 valence electrons. The van der Waals surface area contributed by atoms with E-state index in [4.69, 9.17) is 0 Å². The smallest absolute Gasteiger partial charge is 0.237 e. The number of nitrogens with one attached hydrogen (secondary N) is 2. The fourth-order valence-electron chi connectivity index (χ4n) is 3.48. The van der Waals surface area contributed by atoms with Crippen LogP contribution in [0.5, 0.6) is 0 Å². The summed E-state index contributed by atoms with van der Waals surface area (Å²) in [6.07, 6.45) is 4.47. The minimum atomic E-state index is -3.44. The normalized spacial score (nSPS) is 18.0. The van der Waals surface area contributed by atoms with Crippen LogP contribution in [-0.4, -0.2) is 32.7 Å². The lowest BCUT2D eigenvalue weighted by Crippen LogP contribution is -2.48. The first-order valence-corrected chi connectivity index (χ1v) is 10.5. The molecule has 5 nitrogen and oxygen atoms in total. The highest BCUT2D eigenvalue weighted by Gasteiger charge is 2.36. The van der Waals surface area contributed by atoms with Gasteiger partial charge in [-0.25, -0.2) is 17.5 Å². The monoisotopic (exact) mass is 370 g/mol. The van der Waals surface area contributed by atoms with Gasteiger partial charge in [-0.05, 0) is 43.9 Å². The van der Waals surface area contributed by atoms with Crippen molar-refractivity contribution in [1.82, 2.24) is 10.0 Å². The van der Waals surface area contributed by atoms with E-state index in [-0.39, 0.29) is 22.9 Å². The minimum absolute atomic E-state index is 0.00410. The van der Waals surface area contributed by atoms with Gasteiger partial charge in [0.2, 0.25) is 15.9 Å². The lowest BCUT2D eigenvalue weighted by Gasteiger charge is -2.30. The van der Waals surface area contributed by atoms with Gasteiger partial charge in [-0.2, -0.15) is 0 Å². The molecule has 0 aliphatic heterocycles. The van der Waals surface area contributed by atoms with Gasteiger partial charge in [0.25, 0.3) is 0 Å². The van der Waals surface area contributed by atoms with Crippen molar-refractivity contribution in [3.05, 3.63) is 35.6 Å². The molecule has 1 amide bonds. The summed E-state index contributed by atoms with van der Waals surface area (Å²) in [6.45, 7) is 3.75. The van der Waals surface area contributed by atoms with Gasteiger partial charge in [0.1, 0.15) is 5.82 Å². The predicted octanol–water partition coefficient (Wildman–Crippen LogP) is 2.47. The quantitative estimate of drug-likeness (QED) is 0.738. The summed E-state index contributed by atoms with van der Waals surface area (Å²) in [7, 11) is -3.44. The highest BCUT2D eigenvalue weighted by atomic mass is 32.2. The summed E-state index contributed by atoms with van der Waals surface area (Å²) in [5.74, 6) is -0.614. The second-order valence-electron chi connectivity index (χ2n) is 6.87. The van der Waals surface area contributed by atoms with Gasteiger partial charge in [-0.15, -0.1) is 0 Å². The number of benzene rings is 1. The SMILES string of the molecule is CCCS(=O)(=O)NC(C)C(=O)NCC1(c2ccc(F)cc2)CCCC1. The van der Waals surface area contributed by atoms with Gasteiger partial charge >= 0.3 is 0 Å². The molecule has 7 heteroatoms. The van der Waals surface area contributed by atoms with E-state index < -0.39 is 16.1 Å². The molecule has 0 saturated heterocycles. The summed E-state index contributed by atoms with van der Waals surface area (Å²) >= 11 is 0. The molecule has 1 aliphatic carbocycles. The molecule has 0 heterocycles. The maximum Gasteiger partial charge on any atom is 0.237 e. The van der Waals surface area contributed by atoms with E-state index in [0.717, 1.165) is 31.2 Å². The third kappa shape index (κ3) is 5.25. The largest absolute Gasteiger partial charge is 0.354 e. The van der Waals surface area contributed by atoms with Crippen LogP contribution in [0.4, 0.5) is 4.39 Å². The number of sulfonamides is 1. The van der Waals surface area contributed by atoms with Crippen molar-refractivity contribution in [1.29, 1.82) is 0 Å². The Morgan fingerprint density at radius 3 is 2.40 bits per heavy atom. The van der Waals surface area contributed by atoms with Crippen LogP contribution in [0.25, 0.3) is 0 Å². The van der Waals surface area contributed by atoms with Gasteiger partial charge in [-0.1, -0.05) is 31.9 Å². The number of halogens is 1. The molecular formula is C18H27FN2O3S. The zero-order chi connectivity index (χ0) is 18.5. The van der Waals surface area contributed by atoms with E-state index in [0.29, 0.717) is 13.0 Å². The van der Waals surface area contributed by atoms with Crippen molar-refractivity contribution >= 4 is 15.9 Å². The van der Waals surface area contributed by atoms with Crippen LogP contribution in [0.2, 0.25) is 0 Å². The topological polar surface area (TPSA) is 75.3 Å². The van der Waals surface area contributed by atoms with Gasteiger partial charge in [0, 0.05) is 12.0 Å². The van der Waals surface area contributed by atoms with Crippen molar-refractivity contribution in [2.45, 2.75) is 57.4 Å². The fraction of sp³-hybridized carbons (Fsp3) is 0.611. The number of hydrogen-bond donors (Lipinski definition) is 2. The number of amides is 1. The molecular weight excluding hydrogens is 343 g/mol. The minimum Gasteiger partial charge on any atom is -0.354 e. The summed E-state index contributed by atoms with van der Waals surface area (Å²) in [5.41, 5.74) is 0.816. The van der Waals surface area contributed by atoms with Crippen LogP contribution in [-0.2, 0) is 20.2 Å². The van der Waals surface area contributed by atoms with Crippen molar-refractivity contribution in [2.75, 3.05) is 12.3 Å². The lowest BCUT2D eigenvalue weighted by molar-refractivity contribution is -0.122. The Labute approximate surface area is 149 Å². The summed E-state index contributed by atoms with van der Waals surface area (Å²) in [6, 6.07) is 5.63. The fourth-order valence-corrected chi connectivity index (χ4v) is 4.78. The van der Waals surface area contributed by atoms with E-state index in [2.05, 4.69) is 10.0 Å². The number of rotatable bonds is 8. The van der Waals surface area contributed by atoms with Crippen LogP contribution >= 0.6 is 0 Å². The van der Waals surface area contributed by atoms with Crippen LogP contribution < -0.4 is 10.0 Å². The third-order valence-corrected chi connectivity index (χ3v) is 6.50. The number of hydrogen-bond acceptors (Lipinski definition) is 3. The maximum atomic E-state index is 13.2. The number of carbonyl (C=O) groups is 1. The van der Waals surface area contributed by atoms with E-state index in [9.17, 15) is 17.6 Å². The number of carbonyl (C=O) groups excluding carboxylic acids is 1. The van der Waals surface area contributed by atoms with Gasteiger partial charge in [0.05, 0.1) is 11.8 Å². The van der Waals surface area contributed by atoms with Crippen LogP contribution in [0.3, 0.4) is 0 Å². The summed E-state index contributed by atoms with van der Waals surface area (Å²) in [4.78, 5) is 12.3. The Bertz CT molecular complexity index is 683. The van der Waals surface area contributed by atoms with Gasteiger partial charge in [0.15, 0.2) is 0 Å². The molecule has 1 fully saturated rings. The predicted molar refractivity (Wildman–Crippen MR) is 96.2 cm³/mol. The van der Waals surface area contributed by atoms with Crippen LogP contribution in [0, 0.1) is 5.82 Å². The van der Waals surface area contributed by atoms with Crippen LogP contribution in [0.1, 0.15) is 51.5 Å². The standard InChI is InChI=1S/C18H27FN2O3S/c1-3-12-25(23,24)21-14(2)17(22)20-13-18(10-4-5-11-18)15-6-8-16(19)9-7-15/h6-9,14,21H,3-5,10-13H2,1-2H3,(H,20,22). The highest BCUT2D eigenvalue weighted by molar-refractivity contribution is 7.89. The maximum absolute atomic E-state index is 13.2. The first-order valence-electron chi connectivity index (χ1n) is 8.82. The average Bonchev–Trinajstić information content (AvgIpc) is 3.02. The van der Waals surface area contributed by atoms with E-state index in [1.54, 1.807) is 26.0 Å². The summed E-state index contributed by atoms with van der Waals surface area (Å²) in [5, 5.41) is 2.88. The molecule has 1 aromatic rings. The second-order valence-corrected chi connectivity index (χ2v) is 8.74. The summed E-state index contributed by atoms with van der Waals surface area (Å²) < 4.78 is 39.2. The van der Waals surface area contributed by atoms with E-state index in [1.165, 1.54) is 12.1 Å². The molecule has 0 spiro atoms. The molecule has 1 aromatic carbocycles. The van der Waals surface area contributed by atoms with Gasteiger partial charge in [-0.3, -0.25) is 4.79 Å². The second kappa shape index (κ2) is 8.27. The van der Waals surface area contributed by atoms with Crippen molar-refractivity contribution in [2.24, 2.45) is 0 Å². The zero-order valence-corrected chi connectivity index (χ0v) is 15.7. The molecule has 0 radical (unpaired) electrons. The molecule has 0 bridgehead atoms. The van der Waals surface area contributed by atoms with Crippen molar-refractivity contribution < 1.29 is 17.6 Å². The molecule has 1 atom stereocenters. The molecule has 1 saturated carbocycles. The Balaban J connectivity index is 2.01. The van der Waals surface area contributed by atoms with E-state index in [1.807, 2.05) is 0 Å². The van der Waals surface area contributed by atoms with Gasteiger partial charge < -0.3 is 5.32 Å².